The van der Waals surface area contributed by atoms with E-state index in [2.05, 4.69) is 9.82 Å². The molecule has 1 heterocycles. The molecule has 2 aromatic carbocycles. The van der Waals surface area contributed by atoms with Crippen LogP contribution in [0.3, 0.4) is 0 Å². The summed E-state index contributed by atoms with van der Waals surface area (Å²) in [5.74, 6) is -0.748. The van der Waals surface area contributed by atoms with E-state index in [1.165, 1.54) is 12.1 Å². The molecule has 130 valence electrons. The highest BCUT2D eigenvalue weighted by atomic mass is 35.5. The summed E-state index contributed by atoms with van der Waals surface area (Å²) in [5.41, 5.74) is 1.33. The van der Waals surface area contributed by atoms with Crippen molar-refractivity contribution in [2.24, 2.45) is 0 Å². The van der Waals surface area contributed by atoms with E-state index in [-0.39, 0.29) is 15.6 Å². The topological polar surface area (TPSA) is 64.0 Å². The fourth-order valence-corrected chi connectivity index (χ4v) is 4.23. The van der Waals surface area contributed by atoms with Gasteiger partial charge in [0, 0.05) is 5.02 Å². The van der Waals surface area contributed by atoms with Crippen molar-refractivity contribution in [2.45, 2.75) is 18.7 Å². The molecular formula is C17H15ClFN3O2S. The SMILES string of the molecule is Cc1nn(-c2ccccc2)c(C)c1S(=O)(=O)Nc1ccc(Cl)cc1F. The van der Waals surface area contributed by atoms with Gasteiger partial charge in [0.05, 0.1) is 22.8 Å². The van der Waals surface area contributed by atoms with Gasteiger partial charge in [0.15, 0.2) is 0 Å². The molecule has 3 rings (SSSR count). The Bertz CT molecular complexity index is 1030. The van der Waals surface area contributed by atoms with Gasteiger partial charge >= 0.3 is 0 Å². The lowest BCUT2D eigenvalue weighted by molar-refractivity contribution is 0.597. The number of halogens is 2. The molecule has 0 unspecified atom stereocenters. The second-order valence-electron chi connectivity index (χ2n) is 5.48. The largest absolute Gasteiger partial charge is 0.277 e. The highest BCUT2D eigenvalue weighted by molar-refractivity contribution is 7.92. The zero-order valence-electron chi connectivity index (χ0n) is 13.5. The minimum absolute atomic E-state index is 0.0192. The highest BCUT2D eigenvalue weighted by Crippen LogP contribution is 2.26. The first-order valence-corrected chi connectivity index (χ1v) is 9.25. The number of nitrogens with zero attached hydrogens (tertiary/aromatic N) is 2. The van der Waals surface area contributed by atoms with Gasteiger partial charge in [-0.2, -0.15) is 5.10 Å². The van der Waals surface area contributed by atoms with E-state index >= 15 is 0 Å². The molecule has 8 heteroatoms. The summed E-state index contributed by atoms with van der Waals surface area (Å²) < 4.78 is 43.3. The minimum atomic E-state index is -4.01. The molecule has 0 saturated carbocycles. The van der Waals surface area contributed by atoms with Crippen molar-refractivity contribution in [1.29, 1.82) is 0 Å². The van der Waals surface area contributed by atoms with Crippen molar-refractivity contribution in [3.05, 3.63) is 70.8 Å². The number of aryl methyl sites for hydroxylation is 1. The quantitative estimate of drug-likeness (QED) is 0.742. The lowest BCUT2D eigenvalue weighted by Crippen LogP contribution is -2.15. The number of anilines is 1. The van der Waals surface area contributed by atoms with E-state index in [1.54, 1.807) is 18.5 Å². The highest BCUT2D eigenvalue weighted by Gasteiger charge is 2.26. The standard InChI is InChI=1S/C17H15ClFN3O2S/c1-11-17(12(2)22(20-11)14-6-4-3-5-7-14)25(23,24)21-16-9-8-13(18)10-15(16)19/h3-10,21H,1-2H3. The van der Waals surface area contributed by atoms with Crippen LogP contribution in [0.5, 0.6) is 0 Å². The molecule has 0 aliphatic heterocycles. The summed E-state index contributed by atoms with van der Waals surface area (Å²) in [7, 11) is -4.01. The van der Waals surface area contributed by atoms with Gasteiger partial charge < -0.3 is 0 Å². The maximum atomic E-state index is 13.9. The molecule has 0 aliphatic carbocycles. The molecule has 0 saturated heterocycles. The predicted octanol–water partition coefficient (Wildman–Crippen LogP) is 4.08. The number of hydrogen-bond acceptors (Lipinski definition) is 3. The Morgan fingerprint density at radius 2 is 1.80 bits per heavy atom. The molecule has 25 heavy (non-hydrogen) atoms. The van der Waals surface area contributed by atoms with Crippen LogP contribution in [-0.2, 0) is 10.0 Å². The fraction of sp³-hybridized carbons (Fsp3) is 0.118. The molecule has 0 atom stereocenters. The second kappa shape index (κ2) is 6.50. The van der Waals surface area contributed by atoms with Gasteiger partial charge in [-0.25, -0.2) is 17.5 Å². The summed E-state index contributed by atoms with van der Waals surface area (Å²) in [6.07, 6.45) is 0. The molecule has 1 aromatic heterocycles. The van der Waals surface area contributed by atoms with Crippen LogP contribution in [0.15, 0.2) is 53.4 Å². The van der Waals surface area contributed by atoms with Gasteiger partial charge in [0.25, 0.3) is 10.0 Å². The van der Waals surface area contributed by atoms with E-state index < -0.39 is 15.8 Å². The van der Waals surface area contributed by atoms with Crippen LogP contribution in [0.1, 0.15) is 11.4 Å². The first-order chi connectivity index (χ1) is 11.8. The number of nitrogens with one attached hydrogen (secondary N) is 1. The Balaban J connectivity index is 2.05. The van der Waals surface area contributed by atoms with Crippen LogP contribution in [0.2, 0.25) is 5.02 Å². The number of rotatable bonds is 4. The Kier molecular flexibility index (Phi) is 4.53. The third kappa shape index (κ3) is 3.38. The number of hydrogen-bond donors (Lipinski definition) is 1. The number of benzene rings is 2. The molecule has 0 spiro atoms. The Morgan fingerprint density at radius 3 is 2.44 bits per heavy atom. The van der Waals surface area contributed by atoms with E-state index in [0.717, 1.165) is 11.8 Å². The normalized spacial score (nSPS) is 11.5. The van der Waals surface area contributed by atoms with Gasteiger partial charge in [-0.1, -0.05) is 29.8 Å². The van der Waals surface area contributed by atoms with Crippen LogP contribution in [-0.4, -0.2) is 18.2 Å². The van der Waals surface area contributed by atoms with Crippen molar-refractivity contribution in [1.82, 2.24) is 9.78 Å². The number of sulfonamides is 1. The third-order valence-corrected chi connectivity index (χ3v) is 5.52. The van der Waals surface area contributed by atoms with E-state index in [1.807, 2.05) is 30.3 Å². The molecule has 0 amide bonds. The Morgan fingerprint density at radius 1 is 1.12 bits per heavy atom. The number of para-hydroxylation sites is 1. The molecule has 0 fully saturated rings. The van der Waals surface area contributed by atoms with Gasteiger partial charge in [0.2, 0.25) is 0 Å². The minimum Gasteiger partial charge on any atom is -0.277 e. The summed E-state index contributed by atoms with van der Waals surface area (Å²) in [5, 5.41) is 4.49. The van der Waals surface area contributed by atoms with Crippen LogP contribution in [0.25, 0.3) is 5.69 Å². The predicted molar refractivity (Wildman–Crippen MR) is 95.3 cm³/mol. The molecule has 1 N–H and O–H groups in total. The lowest BCUT2D eigenvalue weighted by Gasteiger charge is -2.10. The summed E-state index contributed by atoms with van der Waals surface area (Å²) in [6, 6.07) is 12.9. The van der Waals surface area contributed by atoms with Crippen LogP contribution < -0.4 is 4.72 Å². The summed E-state index contributed by atoms with van der Waals surface area (Å²) in [6.45, 7) is 3.25. The van der Waals surface area contributed by atoms with Crippen molar-refractivity contribution < 1.29 is 12.8 Å². The van der Waals surface area contributed by atoms with E-state index in [0.29, 0.717) is 11.4 Å². The first kappa shape index (κ1) is 17.4. The van der Waals surface area contributed by atoms with Gasteiger partial charge in [-0.05, 0) is 44.2 Å². The molecule has 0 bridgehead atoms. The Labute approximate surface area is 150 Å². The molecular weight excluding hydrogens is 365 g/mol. The van der Waals surface area contributed by atoms with Gasteiger partial charge in [-0.3, -0.25) is 4.72 Å². The van der Waals surface area contributed by atoms with Gasteiger partial charge in [0.1, 0.15) is 10.7 Å². The van der Waals surface area contributed by atoms with E-state index in [4.69, 9.17) is 11.6 Å². The molecule has 0 aliphatic rings. The van der Waals surface area contributed by atoms with Crippen molar-refractivity contribution in [2.75, 3.05) is 4.72 Å². The van der Waals surface area contributed by atoms with Crippen LogP contribution in [0.4, 0.5) is 10.1 Å². The smallest absolute Gasteiger partial charge is 0.265 e. The fourth-order valence-electron chi connectivity index (χ4n) is 2.61. The average molecular weight is 380 g/mol. The molecule has 3 aromatic rings. The maximum Gasteiger partial charge on any atom is 0.265 e. The van der Waals surface area contributed by atoms with Gasteiger partial charge in [-0.15, -0.1) is 0 Å². The van der Waals surface area contributed by atoms with Crippen LogP contribution >= 0.6 is 11.6 Å². The van der Waals surface area contributed by atoms with Crippen molar-refractivity contribution in [3.8, 4) is 5.69 Å². The van der Waals surface area contributed by atoms with Crippen molar-refractivity contribution >= 4 is 27.3 Å². The Hall–Kier alpha value is -2.38. The van der Waals surface area contributed by atoms with Crippen LogP contribution in [0, 0.1) is 19.7 Å². The summed E-state index contributed by atoms with van der Waals surface area (Å²) in [4.78, 5) is 0.0192. The third-order valence-electron chi connectivity index (χ3n) is 3.67. The molecule has 0 radical (unpaired) electrons. The number of aromatic nitrogens is 2. The van der Waals surface area contributed by atoms with E-state index in [9.17, 15) is 12.8 Å². The zero-order valence-corrected chi connectivity index (χ0v) is 15.1. The summed E-state index contributed by atoms with van der Waals surface area (Å²) >= 11 is 5.70. The molecule has 5 nitrogen and oxygen atoms in total. The average Bonchev–Trinajstić information content (AvgIpc) is 2.86. The first-order valence-electron chi connectivity index (χ1n) is 7.39. The van der Waals surface area contributed by atoms with Crippen molar-refractivity contribution in [3.63, 3.8) is 0 Å². The maximum absolute atomic E-state index is 13.9. The zero-order chi connectivity index (χ0) is 18.2. The lowest BCUT2D eigenvalue weighted by atomic mass is 10.3. The monoisotopic (exact) mass is 379 g/mol. The second-order valence-corrected chi connectivity index (χ2v) is 7.53.